The predicted octanol–water partition coefficient (Wildman–Crippen LogP) is 4.15. The first-order valence-corrected chi connectivity index (χ1v) is 10.0. The third-order valence-corrected chi connectivity index (χ3v) is 4.91. The molecule has 0 fully saturated rings. The molecule has 0 unspecified atom stereocenters. The number of nitrogens with one attached hydrogen (secondary N) is 1. The molecule has 3 aromatic carbocycles. The fourth-order valence-corrected chi connectivity index (χ4v) is 3.39. The third kappa shape index (κ3) is 4.51. The van der Waals surface area contributed by atoms with Crippen LogP contribution in [0.4, 0.5) is 17.1 Å². The highest BCUT2D eigenvalue weighted by Crippen LogP contribution is 2.23. The van der Waals surface area contributed by atoms with Crippen LogP contribution in [-0.2, 0) is 11.3 Å². The number of amides is 1. The molecule has 162 valence electrons. The van der Waals surface area contributed by atoms with Crippen LogP contribution in [0, 0.1) is 10.1 Å². The van der Waals surface area contributed by atoms with Crippen LogP contribution >= 0.6 is 0 Å². The lowest BCUT2D eigenvalue weighted by molar-refractivity contribution is -0.384. The van der Waals surface area contributed by atoms with Gasteiger partial charge in [-0.3, -0.25) is 29.9 Å². The molecule has 0 bridgehead atoms. The molecule has 1 N–H and O–H groups in total. The minimum absolute atomic E-state index is 0.146. The average Bonchev–Trinajstić information content (AvgIpc) is 3.13. The smallest absolute Gasteiger partial charge is 0.407 e. The Morgan fingerprint density at radius 3 is 2.22 bits per heavy atom. The van der Waals surface area contributed by atoms with E-state index in [1.165, 1.54) is 22.8 Å². The number of aromatic nitrogens is 1. The Hall–Kier alpha value is -4.40. The SMILES string of the molecule is O=C(CCCn1c(=O)oc2cc([N+](=O)[O-])ccc21)NN(c1ccccc1)c1ccccc1. The number of benzene rings is 3. The fraction of sp³-hybridized carbons (Fsp3) is 0.130. The van der Waals surface area contributed by atoms with Crippen molar-refractivity contribution in [3.8, 4) is 0 Å². The lowest BCUT2D eigenvalue weighted by Gasteiger charge is -2.25. The van der Waals surface area contributed by atoms with Crippen molar-refractivity contribution in [3.05, 3.63) is 99.5 Å². The van der Waals surface area contributed by atoms with Crippen molar-refractivity contribution in [2.45, 2.75) is 19.4 Å². The largest absolute Gasteiger partial charge is 0.419 e. The Kier molecular flexibility index (Phi) is 5.98. The molecule has 0 aliphatic rings. The summed E-state index contributed by atoms with van der Waals surface area (Å²) in [4.78, 5) is 35.2. The monoisotopic (exact) mass is 432 g/mol. The van der Waals surface area contributed by atoms with Crippen LogP contribution in [0.25, 0.3) is 11.1 Å². The second kappa shape index (κ2) is 9.17. The van der Waals surface area contributed by atoms with Gasteiger partial charge in [0.05, 0.1) is 27.9 Å². The number of fused-ring (bicyclic) bond motifs is 1. The minimum Gasteiger partial charge on any atom is -0.407 e. The van der Waals surface area contributed by atoms with Crippen molar-refractivity contribution in [1.82, 2.24) is 9.99 Å². The molecule has 1 heterocycles. The Bertz CT molecular complexity index is 1260. The van der Waals surface area contributed by atoms with Crippen LogP contribution in [0.1, 0.15) is 12.8 Å². The molecule has 0 atom stereocenters. The Morgan fingerprint density at radius 1 is 1.00 bits per heavy atom. The van der Waals surface area contributed by atoms with E-state index in [-0.39, 0.29) is 30.1 Å². The summed E-state index contributed by atoms with van der Waals surface area (Å²) < 4.78 is 6.50. The minimum atomic E-state index is -0.615. The number of aryl methyl sites for hydroxylation is 1. The van der Waals surface area contributed by atoms with Gasteiger partial charge in [0.15, 0.2) is 5.58 Å². The number of rotatable bonds is 8. The first-order valence-electron chi connectivity index (χ1n) is 10.0. The summed E-state index contributed by atoms with van der Waals surface area (Å²) in [5.74, 6) is -0.828. The van der Waals surface area contributed by atoms with E-state index in [0.29, 0.717) is 11.9 Å². The molecule has 9 heteroatoms. The first-order chi connectivity index (χ1) is 15.5. The number of carbonyl (C=O) groups is 1. The van der Waals surface area contributed by atoms with Crippen molar-refractivity contribution in [2.75, 3.05) is 5.01 Å². The molecule has 0 spiro atoms. The van der Waals surface area contributed by atoms with E-state index in [1.807, 2.05) is 60.7 Å². The molecule has 1 amide bonds. The van der Waals surface area contributed by atoms with Gasteiger partial charge in [0, 0.05) is 19.0 Å². The van der Waals surface area contributed by atoms with Gasteiger partial charge < -0.3 is 4.42 Å². The number of nitro benzene ring substituents is 1. The molecule has 0 aliphatic heterocycles. The maximum Gasteiger partial charge on any atom is 0.419 e. The summed E-state index contributed by atoms with van der Waals surface area (Å²) in [5.41, 5.74) is 4.98. The number of oxazole rings is 1. The Labute approximate surface area is 182 Å². The van der Waals surface area contributed by atoms with Gasteiger partial charge in [0.25, 0.3) is 5.69 Å². The van der Waals surface area contributed by atoms with Gasteiger partial charge in [-0.1, -0.05) is 36.4 Å². The fourth-order valence-electron chi connectivity index (χ4n) is 3.39. The van der Waals surface area contributed by atoms with Gasteiger partial charge in [-0.2, -0.15) is 0 Å². The summed E-state index contributed by atoms with van der Waals surface area (Å²) in [5, 5.41) is 12.6. The standard InChI is InChI=1S/C23H20N4O5/c28-22(24-26(17-8-3-1-4-9-17)18-10-5-2-6-11-18)12-7-15-25-20-14-13-19(27(30)31)16-21(20)32-23(25)29/h1-6,8-11,13-14,16H,7,12,15H2,(H,24,28). The predicted molar refractivity (Wildman–Crippen MR) is 120 cm³/mol. The third-order valence-electron chi connectivity index (χ3n) is 4.91. The van der Waals surface area contributed by atoms with E-state index < -0.39 is 10.7 Å². The molecule has 0 saturated carbocycles. The van der Waals surface area contributed by atoms with Crippen LogP contribution in [0.5, 0.6) is 0 Å². The van der Waals surface area contributed by atoms with Crippen LogP contribution in [-0.4, -0.2) is 15.4 Å². The van der Waals surface area contributed by atoms with Gasteiger partial charge in [0.2, 0.25) is 5.91 Å². The second-order valence-corrected chi connectivity index (χ2v) is 7.07. The first kappa shape index (κ1) is 20.9. The number of hydrazine groups is 1. The molecule has 9 nitrogen and oxygen atoms in total. The summed E-state index contributed by atoms with van der Waals surface area (Å²) in [6, 6.07) is 22.9. The van der Waals surface area contributed by atoms with Gasteiger partial charge in [-0.25, -0.2) is 4.79 Å². The Morgan fingerprint density at radius 2 is 1.62 bits per heavy atom. The van der Waals surface area contributed by atoms with E-state index in [4.69, 9.17) is 4.42 Å². The van der Waals surface area contributed by atoms with Crippen molar-refractivity contribution in [1.29, 1.82) is 0 Å². The quantitative estimate of drug-likeness (QED) is 0.331. The highest BCUT2D eigenvalue weighted by Gasteiger charge is 2.16. The van der Waals surface area contributed by atoms with Crippen molar-refractivity contribution < 1.29 is 14.1 Å². The van der Waals surface area contributed by atoms with E-state index in [1.54, 1.807) is 5.01 Å². The molecule has 0 saturated heterocycles. The van der Waals surface area contributed by atoms with Crippen LogP contribution in [0.15, 0.2) is 88.1 Å². The summed E-state index contributed by atoms with van der Waals surface area (Å²) in [6.07, 6.45) is 0.553. The van der Waals surface area contributed by atoms with Gasteiger partial charge in [-0.15, -0.1) is 0 Å². The van der Waals surface area contributed by atoms with Crippen LogP contribution < -0.4 is 16.2 Å². The zero-order chi connectivity index (χ0) is 22.5. The number of carbonyl (C=O) groups excluding carboxylic acids is 1. The number of hydrogen-bond donors (Lipinski definition) is 1. The summed E-state index contributed by atoms with van der Waals surface area (Å²) in [7, 11) is 0. The topological polar surface area (TPSA) is 111 Å². The average molecular weight is 432 g/mol. The molecular formula is C23H20N4O5. The van der Waals surface area contributed by atoms with E-state index in [2.05, 4.69) is 5.43 Å². The van der Waals surface area contributed by atoms with Gasteiger partial charge >= 0.3 is 5.76 Å². The number of nitro groups is 1. The number of nitrogens with zero attached hydrogens (tertiary/aromatic N) is 3. The molecule has 0 aliphatic carbocycles. The van der Waals surface area contributed by atoms with Gasteiger partial charge in [0.1, 0.15) is 0 Å². The number of para-hydroxylation sites is 2. The molecule has 1 aromatic heterocycles. The summed E-state index contributed by atoms with van der Waals surface area (Å²) >= 11 is 0. The normalized spacial score (nSPS) is 10.8. The van der Waals surface area contributed by atoms with E-state index >= 15 is 0 Å². The van der Waals surface area contributed by atoms with Crippen LogP contribution in [0.3, 0.4) is 0 Å². The van der Waals surface area contributed by atoms with Crippen molar-refractivity contribution in [3.63, 3.8) is 0 Å². The zero-order valence-corrected chi connectivity index (χ0v) is 17.0. The van der Waals surface area contributed by atoms with Crippen molar-refractivity contribution in [2.24, 2.45) is 0 Å². The highest BCUT2D eigenvalue weighted by atomic mass is 16.6. The van der Waals surface area contributed by atoms with E-state index in [9.17, 15) is 19.7 Å². The van der Waals surface area contributed by atoms with Crippen molar-refractivity contribution >= 4 is 34.1 Å². The highest BCUT2D eigenvalue weighted by molar-refractivity contribution is 5.80. The van der Waals surface area contributed by atoms with E-state index in [0.717, 1.165) is 11.4 Å². The molecule has 32 heavy (non-hydrogen) atoms. The number of anilines is 2. The summed E-state index contributed by atoms with van der Waals surface area (Å²) in [6.45, 7) is 0.244. The zero-order valence-electron chi connectivity index (χ0n) is 17.0. The molecular weight excluding hydrogens is 412 g/mol. The molecule has 0 radical (unpaired) electrons. The lowest BCUT2D eigenvalue weighted by Crippen LogP contribution is -2.38. The maximum absolute atomic E-state index is 12.7. The number of hydrogen-bond acceptors (Lipinski definition) is 6. The number of non-ortho nitro benzene ring substituents is 1. The van der Waals surface area contributed by atoms with Crippen LogP contribution in [0.2, 0.25) is 0 Å². The molecule has 4 aromatic rings. The molecule has 4 rings (SSSR count). The lowest BCUT2D eigenvalue weighted by atomic mass is 10.2. The maximum atomic E-state index is 12.7. The van der Waals surface area contributed by atoms with Gasteiger partial charge in [-0.05, 0) is 36.8 Å². The Balaban J connectivity index is 1.44. The second-order valence-electron chi connectivity index (χ2n) is 7.07.